The van der Waals surface area contributed by atoms with Gasteiger partial charge in [-0.2, -0.15) is 4.98 Å². The second-order valence-corrected chi connectivity index (χ2v) is 9.02. The number of aromatic nitrogens is 2. The summed E-state index contributed by atoms with van der Waals surface area (Å²) in [6.45, 7) is 6.85. The number of aryl methyl sites for hydroxylation is 2. The molecular weight excluding hydrogens is 450 g/mol. The van der Waals surface area contributed by atoms with Gasteiger partial charge >= 0.3 is 6.01 Å². The van der Waals surface area contributed by atoms with Crippen LogP contribution in [0.15, 0.2) is 60.7 Å². The smallest absolute Gasteiger partial charge is 0.317 e. The number of hydrogen-bond acceptors (Lipinski definition) is 6. The van der Waals surface area contributed by atoms with Crippen molar-refractivity contribution in [1.82, 2.24) is 9.97 Å². The maximum absolute atomic E-state index is 5.95. The minimum Gasteiger partial charge on any atom is -0.463 e. The average molecular weight is 492 g/mol. The molecule has 0 bridgehead atoms. The molecule has 6 nitrogen and oxygen atoms in total. The molecule has 0 fully saturated rings. The van der Waals surface area contributed by atoms with E-state index in [4.69, 9.17) is 19.9 Å². The molecular formula is C30H41N3O3. The number of hydrogen-bond donors (Lipinski definition) is 1. The molecule has 0 spiro atoms. The third-order valence-corrected chi connectivity index (χ3v) is 5.98. The topological polar surface area (TPSA) is 79.5 Å². The molecule has 0 aliphatic rings. The lowest BCUT2D eigenvalue weighted by Gasteiger charge is -2.16. The number of nitrogen functional groups attached to an aromatic ring is 1. The molecule has 1 unspecified atom stereocenters. The van der Waals surface area contributed by atoms with Crippen LogP contribution >= 0.6 is 0 Å². The van der Waals surface area contributed by atoms with Gasteiger partial charge in [0, 0.05) is 36.6 Å². The SMILES string of the molecule is CCCCOC(CC)COCCCOc1nc(CCCc2ccccc2)cc(-c2ccc(N)cc2)n1. The van der Waals surface area contributed by atoms with Crippen LogP contribution in [0.25, 0.3) is 11.3 Å². The fraction of sp³-hybridized carbons (Fsp3) is 0.467. The van der Waals surface area contributed by atoms with Crippen molar-refractivity contribution in [3.8, 4) is 17.3 Å². The van der Waals surface area contributed by atoms with Crippen molar-refractivity contribution < 1.29 is 14.2 Å². The van der Waals surface area contributed by atoms with Crippen molar-refractivity contribution in [3.63, 3.8) is 0 Å². The molecule has 2 N–H and O–H groups in total. The second kappa shape index (κ2) is 15.9. The number of unbranched alkanes of at least 4 members (excludes halogenated alkanes) is 1. The van der Waals surface area contributed by atoms with E-state index < -0.39 is 0 Å². The van der Waals surface area contributed by atoms with Crippen LogP contribution < -0.4 is 10.5 Å². The zero-order valence-corrected chi connectivity index (χ0v) is 21.8. The number of nitrogens with zero attached hydrogens (tertiary/aromatic N) is 2. The zero-order valence-electron chi connectivity index (χ0n) is 21.8. The summed E-state index contributed by atoms with van der Waals surface area (Å²) < 4.78 is 17.6. The molecule has 2 aromatic carbocycles. The molecule has 0 aliphatic carbocycles. The Balaban J connectivity index is 1.53. The van der Waals surface area contributed by atoms with E-state index in [9.17, 15) is 0 Å². The Kier molecular flexibility index (Phi) is 12.2. The van der Waals surface area contributed by atoms with E-state index in [1.165, 1.54) is 5.56 Å². The predicted octanol–water partition coefficient (Wildman–Crippen LogP) is 6.28. The molecule has 194 valence electrons. The monoisotopic (exact) mass is 491 g/mol. The van der Waals surface area contributed by atoms with E-state index in [0.717, 1.165) is 74.2 Å². The molecule has 6 heteroatoms. The lowest BCUT2D eigenvalue weighted by atomic mass is 10.1. The standard InChI is InChI=1S/C30H41N3O3/c1-3-5-20-35-28(4-2)23-34-19-10-21-36-30-32-27(14-9-13-24-11-7-6-8-12-24)22-29(33-30)25-15-17-26(31)18-16-25/h6-8,11-12,15-18,22,28H,3-5,9-10,13-14,19-21,23,31H2,1-2H3. The van der Waals surface area contributed by atoms with Crippen molar-refractivity contribution in [2.45, 2.75) is 64.9 Å². The van der Waals surface area contributed by atoms with Gasteiger partial charge in [-0.05, 0) is 55.9 Å². The Morgan fingerprint density at radius 2 is 1.64 bits per heavy atom. The van der Waals surface area contributed by atoms with Crippen molar-refractivity contribution in [2.75, 3.05) is 32.2 Å². The lowest BCUT2D eigenvalue weighted by Crippen LogP contribution is -2.20. The lowest BCUT2D eigenvalue weighted by molar-refractivity contribution is -0.0209. The number of nitrogens with two attached hydrogens (primary N) is 1. The number of ether oxygens (including phenoxy) is 3. The Bertz CT molecular complexity index is 996. The maximum atomic E-state index is 5.95. The van der Waals surface area contributed by atoms with Gasteiger partial charge in [-0.1, -0.05) is 62.7 Å². The third kappa shape index (κ3) is 9.96. The van der Waals surface area contributed by atoms with Crippen molar-refractivity contribution >= 4 is 5.69 Å². The summed E-state index contributed by atoms with van der Waals surface area (Å²) in [7, 11) is 0. The highest BCUT2D eigenvalue weighted by molar-refractivity contribution is 5.62. The summed E-state index contributed by atoms with van der Waals surface area (Å²) in [5, 5.41) is 0. The van der Waals surface area contributed by atoms with E-state index in [1.54, 1.807) is 0 Å². The fourth-order valence-corrected chi connectivity index (χ4v) is 3.80. The van der Waals surface area contributed by atoms with Crippen LogP contribution in [0.2, 0.25) is 0 Å². The van der Waals surface area contributed by atoms with Crippen LogP contribution in [-0.2, 0) is 22.3 Å². The molecule has 0 saturated heterocycles. The molecule has 0 radical (unpaired) electrons. The maximum Gasteiger partial charge on any atom is 0.317 e. The van der Waals surface area contributed by atoms with Crippen molar-refractivity contribution in [3.05, 3.63) is 71.9 Å². The summed E-state index contributed by atoms with van der Waals surface area (Å²) in [5.41, 5.74) is 10.8. The predicted molar refractivity (Wildman–Crippen MR) is 146 cm³/mol. The van der Waals surface area contributed by atoms with Gasteiger partial charge in [-0.25, -0.2) is 4.98 Å². The third-order valence-electron chi connectivity index (χ3n) is 5.98. The molecule has 36 heavy (non-hydrogen) atoms. The van der Waals surface area contributed by atoms with E-state index >= 15 is 0 Å². The Morgan fingerprint density at radius 3 is 2.39 bits per heavy atom. The van der Waals surface area contributed by atoms with Gasteiger partial charge in [0.05, 0.1) is 25.0 Å². The highest BCUT2D eigenvalue weighted by Gasteiger charge is 2.10. The van der Waals surface area contributed by atoms with Crippen molar-refractivity contribution in [1.29, 1.82) is 0 Å². The van der Waals surface area contributed by atoms with Crippen LogP contribution in [0.3, 0.4) is 0 Å². The van der Waals surface area contributed by atoms with Crippen LogP contribution in [-0.4, -0.2) is 42.5 Å². The average Bonchev–Trinajstić information content (AvgIpc) is 2.90. The van der Waals surface area contributed by atoms with Gasteiger partial charge < -0.3 is 19.9 Å². The molecule has 0 amide bonds. The van der Waals surface area contributed by atoms with Crippen molar-refractivity contribution in [2.24, 2.45) is 0 Å². The summed E-state index contributed by atoms with van der Waals surface area (Å²) >= 11 is 0. The Labute approximate surface area is 216 Å². The Morgan fingerprint density at radius 1 is 0.833 bits per heavy atom. The first-order valence-electron chi connectivity index (χ1n) is 13.3. The van der Waals surface area contributed by atoms with Gasteiger partial charge in [0.15, 0.2) is 0 Å². The van der Waals surface area contributed by atoms with E-state index in [0.29, 0.717) is 25.8 Å². The van der Waals surface area contributed by atoms with Gasteiger partial charge in [0.1, 0.15) is 0 Å². The molecule has 3 rings (SSSR count). The van der Waals surface area contributed by atoms with Gasteiger partial charge in [0.2, 0.25) is 0 Å². The van der Waals surface area contributed by atoms with Gasteiger partial charge in [-0.15, -0.1) is 0 Å². The van der Waals surface area contributed by atoms with E-state index in [-0.39, 0.29) is 6.10 Å². The number of benzene rings is 2. The largest absolute Gasteiger partial charge is 0.463 e. The normalized spacial score (nSPS) is 11.9. The van der Waals surface area contributed by atoms with Crippen LogP contribution in [0, 0.1) is 0 Å². The highest BCUT2D eigenvalue weighted by Crippen LogP contribution is 2.22. The number of anilines is 1. The first-order valence-corrected chi connectivity index (χ1v) is 13.3. The molecule has 0 saturated carbocycles. The highest BCUT2D eigenvalue weighted by atomic mass is 16.5. The molecule has 1 heterocycles. The summed E-state index contributed by atoms with van der Waals surface area (Å²) in [4.78, 5) is 9.36. The Hall–Kier alpha value is -2.96. The number of rotatable bonds is 17. The van der Waals surface area contributed by atoms with E-state index in [2.05, 4.69) is 54.1 Å². The van der Waals surface area contributed by atoms with Crippen LogP contribution in [0.1, 0.15) is 57.2 Å². The second-order valence-electron chi connectivity index (χ2n) is 9.02. The van der Waals surface area contributed by atoms with Gasteiger partial charge in [0.25, 0.3) is 0 Å². The minimum absolute atomic E-state index is 0.163. The quantitative estimate of drug-likeness (QED) is 0.177. The van der Waals surface area contributed by atoms with E-state index in [1.807, 2.05) is 30.3 Å². The van der Waals surface area contributed by atoms with Crippen LogP contribution in [0.4, 0.5) is 5.69 Å². The minimum atomic E-state index is 0.163. The molecule has 1 atom stereocenters. The van der Waals surface area contributed by atoms with Gasteiger partial charge in [-0.3, -0.25) is 0 Å². The zero-order chi connectivity index (χ0) is 25.4. The molecule has 3 aromatic rings. The summed E-state index contributed by atoms with van der Waals surface area (Å²) in [6, 6.07) is 20.7. The summed E-state index contributed by atoms with van der Waals surface area (Å²) in [5.74, 6) is 0. The van der Waals surface area contributed by atoms with Crippen LogP contribution in [0.5, 0.6) is 6.01 Å². The molecule has 0 aliphatic heterocycles. The first kappa shape index (κ1) is 27.6. The fourth-order valence-electron chi connectivity index (χ4n) is 3.80. The summed E-state index contributed by atoms with van der Waals surface area (Å²) in [6.07, 6.45) is 7.00. The molecule has 1 aromatic heterocycles. The first-order chi connectivity index (χ1) is 17.7.